The van der Waals surface area contributed by atoms with Crippen LogP contribution in [-0.4, -0.2) is 40.0 Å². The van der Waals surface area contributed by atoms with Gasteiger partial charge in [-0.05, 0) is 63.4 Å². The van der Waals surface area contributed by atoms with Gasteiger partial charge in [-0.15, -0.1) is 0 Å². The zero-order chi connectivity index (χ0) is 22.9. The first-order valence-corrected chi connectivity index (χ1v) is 10.9. The Balaban J connectivity index is 1.43. The second kappa shape index (κ2) is 9.03. The van der Waals surface area contributed by atoms with E-state index < -0.39 is 12.2 Å². The summed E-state index contributed by atoms with van der Waals surface area (Å²) < 4.78 is 37.4. The number of alkyl halides is 2. The lowest BCUT2D eigenvalue weighted by Gasteiger charge is -2.41. The third-order valence-electron chi connectivity index (χ3n) is 5.92. The van der Waals surface area contributed by atoms with Gasteiger partial charge in [0.1, 0.15) is 18.1 Å². The molecule has 1 aliphatic heterocycles. The molecule has 0 aliphatic carbocycles. The molecule has 6 nitrogen and oxygen atoms in total. The number of benzene rings is 2. The number of nitrogens with one attached hydrogen (secondary N) is 1. The normalized spacial score (nSPS) is 23.8. The molecule has 4 rings (SSSR count). The van der Waals surface area contributed by atoms with Crippen LogP contribution in [0.25, 0.3) is 11.0 Å². The van der Waals surface area contributed by atoms with Crippen LogP contribution in [0.1, 0.15) is 45.2 Å². The first kappa shape index (κ1) is 22.5. The summed E-state index contributed by atoms with van der Waals surface area (Å²) in [4.78, 5) is 4.47. The zero-order valence-electron chi connectivity index (χ0n) is 18.5. The number of hydrogen-bond donors (Lipinski definition) is 2. The fourth-order valence-electron chi connectivity index (χ4n) is 4.52. The predicted molar refractivity (Wildman–Crippen MR) is 118 cm³/mol. The standard InChI is InChI=1S/C24H29F2N3O3/c1-15(2)29-14-27-21-10-20(8-9-22(21)29)31-13-18-12-24(30,11-16(3)28-18)17-4-6-19(7-5-17)32-23(25)26/h4-10,14-16,18,23,28,30H,11-13H2,1-3H3/t16-,18-,24-/m0/s1. The largest absolute Gasteiger partial charge is 0.492 e. The highest BCUT2D eigenvalue weighted by Crippen LogP contribution is 2.36. The smallest absolute Gasteiger partial charge is 0.387 e. The minimum Gasteiger partial charge on any atom is -0.492 e. The Morgan fingerprint density at radius 3 is 2.56 bits per heavy atom. The summed E-state index contributed by atoms with van der Waals surface area (Å²) >= 11 is 0. The van der Waals surface area contributed by atoms with Crippen LogP contribution in [-0.2, 0) is 5.60 Å². The molecule has 3 aromatic rings. The lowest BCUT2D eigenvalue weighted by molar-refractivity contribution is -0.0500. The van der Waals surface area contributed by atoms with Crippen LogP contribution in [0, 0.1) is 0 Å². The van der Waals surface area contributed by atoms with Gasteiger partial charge in [0, 0.05) is 24.2 Å². The van der Waals surface area contributed by atoms with Gasteiger partial charge in [-0.3, -0.25) is 0 Å². The number of nitrogens with zero attached hydrogens (tertiary/aromatic N) is 2. The molecule has 1 aliphatic rings. The van der Waals surface area contributed by atoms with Crippen molar-refractivity contribution in [3.8, 4) is 11.5 Å². The Morgan fingerprint density at radius 1 is 1.16 bits per heavy atom. The maximum Gasteiger partial charge on any atom is 0.387 e. The van der Waals surface area contributed by atoms with Gasteiger partial charge in [-0.25, -0.2) is 4.98 Å². The van der Waals surface area contributed by atoms with E-state index in [4.69, 9.17) is 4.74 Å². The number of piperidine rings is 1. The van der Waals surface area contributed by atoms with Crippen LogP contribution in [0.2, 0.25) is 0 Å². The number of imidazole rings is 1. The van der Waals surface area contributed by atoms with Crippen molar-refractivity contribution in [1.29, 1.82) is 0 Å². The lowest BCUT2D eigenvalue weighted by atomic mass is 9.79. The van der Waals surface area contributed by atoms with Crippen LogP contribution >= 0.6 is 0 Å². The number of ether oxygens (including phenoxy) is 2. The van der Waals surface area contributed by atoms with E-state index in [1.54, 1.807) is 12.1 Å². The molecular formula is C24H29F2N3O3. The van der Waals surface area contributed by atoms with Crippen molar-refractivity contribution in [1.82, 2.24) is 14.9 Å². The maximum atomic E-state index is 12.4. The molecule has 0 amide bonds. The second-order valence-electron chi connectivity index (χ2n) is 8.81. The predicted octanol–water partition coefficient (Wildman–Crippen LogP) is 4.63. The van der Waals surface area contributed by atoms with Crippen LogP contribution < -0.4 is 14.8 Å². The van der Waals surface area contributed by atoms with Crippen molar-refractivity contribution >= 4 is 11.0 Å². The summed E-state index contributed by atoms with van der Waals surface area (Å²) in [5.74, 6) is 0.799. The maximum absolute atomic E-state index is 12.4. The van der Waals surface area contributed by atoms with Gasteiger partial charge < -0.3 is 24.5 Å². The third kappa shape index (κ3) is 4.86. The van der Waals surface area contributed by atoms with Crippen molar-refractivity contribution in [2.24, 2.45) is 0 Å². The molecular weight excluding hydrogens is 416 g/mol. The molecule has 1 aromatic heterocycles. The number of halogens is 2. The number of fused-ring (bicyclic) bond motifs is 1. The molecule has 0 bridgehead atoms. The Hall–Kier alpha value is -2.71. The highest BCUT2D eigenvalue weighted by molar-refractivity contribution is 5.77. The number of rotatable bonds is 7. The van der Waals surface area contributed by atoms with Crippen LogP contribution in [0.5, 0.6) is 11.5 Å². The summed E-state index contributed by atoms with van der Waals surface area (Å²) in [6, 6.07) is 12.4. The third-order valence-corrected chi connectivity index (χ3v) is 5.92. The second-order valence-corrected chi connectivity index (χ2v) is 8.81. The molecule has 0 unspecified atom stereocenters. The molecule has 8 heteroatoms. The molecule has 2 N–H and O–H groups in total. The van der Waals surface area contributed by atoms with Gasteiger partial charge in [-0.1, -0.05) is 12.1 Å². The van der Waals surface area contributed by atoms with Crippen molar-refractivity contribution in [3.05, 3.63) is 54.4 Å². The quantitative estimate of drug-likeness (QED) is 0.555. The molecule has 2 heterocycles. The summed E-state index contributed by atoms with van der Waals surface area (Å²) in [7, 11) is 0. The summed E-state index contributed by atoms with van der Waals surface area (Å²) in [6.07, 6.45) is 2.79. The van der Waals surface area contributed by atoms with Crippen molar-refractivity contribution < 1.29 is 23.4 Å². The van der Waals surface area contributed by atoms with Crippen LogP contribution in [0.15, 0.2) is 48.8 Å². The summed E-state index contributed by atoms with van der Waals surface area (Å²) in [6.45, 7) is 3.75. The lowest BCUT2D eigenvalue weighted by Crippen LogP contribution is -2.53. The topological polar surface area (TPSA) is 68.5 Å². The number of aliphatic hydroxyl groups is 1. The van der Waals surface area contributed by atoms with E-state index in [0.29, 0.717) is 31.1 Å². The SMILES string of the molecule is CC(C)n1cnc2cc(OC[C@@H]3C[C@](O)(c4ccc(OC(F)F)cc4)C[C@H](C)N3)ccc21. The van der Waals surface area contributed by atoms with E-state index in [-0.39, 0.29) is 17.8 Å². The average molecular weight is 446 g/mol. The van der Waals surface area contributed by atoms with Crippen molar-refractivity contribution in [3.63, 3.8) is 0 Å². The highest BCUT2D eigenvalue weighted by atomic mass is 19.3. The van der Waals surface area contributed by atoms with E-state index in [1.807, 2.05) is 31.5 Å². The minimum absolute atomic E-state index is 0.0589. The fraction of sp³-hybridized carbons (Fsp3) is 0.458. The zero-order valence-corrected chi connectivity index (χ0v) is 18.5. The molecule has 0 spiro atoms. The first-order chi connectivity index (χ1) is 15.2. The van der Waals surface area contributed by atoms with E-state index in [9.17, 15) is 13.9 Å². The molecule has 1 saturated heterocycles. The van der Waals surface area contributed by atoms with E-state index in [1.165, 1.54) is 12.1 Å². The Kier molecular flexibility index (Phi) is 6.35. The van der Waals surface area contributed by atoms with Gasteiger partial charge in [0.2, 0.25) is 0 Å². The van der Waals surface area contributed by atoms with E-state index in [2.05, 4.69) is 33.5 Å². The molecule has 0 radical (unpaired) electrons. The monoisotopic (exact) mass is 445 g/mol. The van der Waals surface area contributed by atoms with Gasteiger partial charge in [0.25, 0.3) is 0 Å². The number of hydrogen-bond acceptors (Lipinski definition) is 5. The first-order valence-electron chi connectivity index (χ1n) is 10.9. The Labute approximate surface area is 186 Å². The molecule has 0 saturated carbocycles. The fourth-order valence-corrected chi connectivity index (χ4v) is 4.52. The van der Waals surface area contributed by atoms with Gasteiger partial charge in [-0.2, -0.15) is 8.78 Å². The Bertz CT molecular complexity index is 1050. The molecule has 3 atom stereocenters. The van der Waals surface area contributed by atoms with Crippen molar-refractivity contribution in [2.75, 3.05) is 6.61 Å². The van der Waals surface area contributed by atoms with Gasteiger partial charge in [0.05, 0.1) is 23.0 Å². The van der Waals surface area contributed by atoms with Crippen LogP contribution in [0.4, 0.5) is 8.78 Å². The molecule has 32 heavy (non-hydrogen) atoms. The van der Waals surface area contributed by atoms with E-state index in [0.717, 1.165) is 16.8 Å². The molecule has 1 fully saturated rings. The van der Waals surface area contributed by atoms with Gasteiger partial charge >= 0.3 is 6.61 Å². The molecule has 172 valence electrons. The number of aromatic nitrogens is 2. The minimum atomic E-state index is -2.87. The van der Waals surface area contributed by atoms with Gasteiger partial charge in [0.15, 0.2) is 0 Å². The highest BCUT2D eigenvalue weighted by Gasteiger charge is 2.39. The van der Waals surface area contributed by atoms with Crippen molar-refractivity contribution in [2.45, 2.75) is 64.0 Å². The average Bonchev–Trinajstić information content (AvgIpc) is 3.15. The Morgan fingerprint density at radius 2 is 1.88 bits per heavy atom. The van der Waals surface area contributed by atoms with Crippen LogP contribution in [0.3, 0.4) is 0 Å². The summed E-state index contributed by atoms with van der Waals surface area (Å²) in [5.41, 5.74) is 1.54. The summed E-state index contributed by atoms with van der Waals surface area (Å²) in [5, 5.41) is 14.8. The van der Waals surface area contributed by atoms with E-state index >= 15 is 0 Å². The molecule has 2 aromatic carbocycles.